The smallest absolute Gasteiger partial charge is 0.225 e. The quantitative estimate of drug-likeness (QED) is 0.830. The molecule has 2 heterocycles. The maximum atomic E-state index is 13.0. The molecule has 0 unspecified atom stereocenters. The summed E-state index contributed by atoms with van der Waals surface area (Å²) in [5.41, 5.74) is 0.767. The molecule has 2 amide bonds. The van der Waals surface area contributed by atoms with E-state index in [0.29, 0.717) is 17.9 Å². The Morgan fingerprint density at radius 1 is 0.931 bits per heavy atom. The summed E-state index contributed by atoms with van der Waals surface area (Å²) in [6.45, 7) is 7.84. The van der Waals surface area contributed by atoms with Gasteiger partial charge in [-0.2, -0.15) is 0 Å². The highest BCUT2D eigenvalue weighted by atomic mass is 16.2. The van der Waals surface area contributed by atoms with E-state index in [2.05, 4.69) is 41.1 Å². The van der Waals surface area contributed by atoms with Gasteiger partial charge in [-0.15, -0.1) is 0 Å². The molecule has 5 nitrogen and oxygen atoms in total. The van der Waals surface area contributed by atoms with Gasteiger partial charge >= 0.3 is 0 Å². The second-order valence-corrected chi connectivity index (χ2v) is 9.65. The molecule has 2 saturated heterocycles. The van der Waals surface area contributed by atoms with E-state index in [9.17, 15) is 9.59 Å². The SMILES string of the molecule is CC(C)(NC(=O)[C@H]1CCCN(C2CCN(C(=O)C3CC3)CC2)C1)c1ccccc1. The Morgan fingerprint density at radius 2 is 1.62 bits per heavy atom. The summed E-state index contributed by atoms with van der Waals surface area (Å²) in [4.78, 5) is 29.9. The number of benzene rings is 1. The van der Waals surface area contributed by atoms with Gasteiger partial charge in [0.25, 0.3) is 0 Å². The van der Waals surface area contributed by atoms with Crippen LogP contribution in [0.5, 0.6) is 0 Å². The van der Waals surface area contributed by atoms with Gasteiger partial charge in [0.05, 0.1) is 11.5 Å². The predicted molar refractivity (Wildman–Crippen MR) is 114 cm³/mol. The van der Waals surface area contributed by atoms with Gasteiger partial charge in [0, 0.05) is 31.6 Å². The standard InChI is InChI=1S/C24H35N3O2/c1-24(2,20-8-4-3-5-9-20)25-22(28)19-7-6-14-27(17-19)21-12-15-26(16-13-21)23(29)18-10-11-18/h3-5,8-9,18-19,21H,6-7,10-17H2,1-2H3,(H,25,28)/t19-/m0/s1. The van der Waals surface area contributed by atoms with Crippen LogP contribution in [0.1, 0.15) is 57.9 Å². The van der Waals surface area contributed by atoms with Crippen molar-refractivity contribution in [3.8, 4) is 0 Å². The summed E-state index contributed by atoms with van der Waals surface area (Å²) < 4.78 is 0. The summed E-state index contributed by atoms with van der Waals surface area (Å²) in [7, 11) is 0. The first-order valence-electron chi connectivity index (χ1n) is 11.3. The Labute approximate surface area is 174 Å². The molecule has 0 spiro atoms. The zero-order valence-electron chi connectivity index (χ0n) is 17.9. The van der Waals surface area contributed by atoms with E-state index in [1.54, 1.807) is 0 Å². The molecule has 1 aromatic rings. The fraction of sp³-hybridized carbons (Fsp3) is 0.667. The van der Waals surface area contributed by atoms with Crippen molar-refractivity contribution in [3.63, 3.8) is 0 Å². The molecule has 4 rings (SSSR count). The molecule has 0 aromatic heterocycles. The topological polar surface area (TPSA) is 52.7 Å². The highest BCUT2D eigenvalue weighted by Crippen LogP contribution is 2.33. The van der Waals surface area contributed by atoms with Gasteiger partial charge in [-0.05, 0) is 64.5 Å². The minimum Gasteiger partial charge on any atom is -0.347 e. The third-order valence-electron chi connectivity index (χ3n) is 6.97. The first kappa shape index (κ1) is 20.4. The Hall–Kier alpha value is -1.88. The minimum absolute atomic E-state index is 0.0536. The zero-order chi connectivity index (χ0) is 20.4. The van der Waals surface area contributed by atoms with Crippen LogP contribution < -0.4 is 5.32 Å². The first-order valence-corrected chi connectivity index (χ1v) is 11.3. The van der Waals surface area contributed by atoms with E-state index >= 15 is 0 Å². The second kappa shape index (κ2) is 8.47. The molecule has 29 heavy (non-hydrogen) atoms. The number of rotatable bonds is 5. The van der Waals surface area contributed by atoms with Crippen molar-refractivity contribution >= 4 is 11.8 Å². The number of carbonyl (C=O) groups excluding carboxylic acids is 2. The number of nitrogens with zero attached hydrogens (tertiary/aromatic N) is 2. The molecular weight excluding hydrogens is 362 g/mol. The average molecular weight is 398 g/mol. The van der Waals surface area contributed by atoms with Crippen LogP contribution in [-0.2, 0) is 15.1 Å². The largest absolute Gasteiger partial charge is 0.347 e. The Morgan fingerprint density at radius 3 is 2.28 bits per heavy atom. The highest BCUT2D eigenvalue weighted by Gasteiger charge is 2.37. The molecule has 2 aliphatic heterocycles. The number of nitrogens with one attached hydrogen (secondary N) is 1. The summed E-state index contributed by atoms with van der Waals surface area (Å²) in [5.74, 6) is 0.924. The van der Waals surface area contributed by atoms with Crippen molar-refractivity contribution in [1.29, 1.82) is 0 Å². The molecule has 158 valence electrons. The van der Waals surface area contributed by atoms with Crippen LogP contribution in [0.15, 0.2) is 30.3 Å². The maximum Gasteiger partial charge on any atom is 0.225 e. The summed E-state index contributed by atoms with van der Waals surface area (Å²) in [5, 5.41) is 3.29. The molecule has 5 heteroatoms. The van der Waals surface area contributed by atoms with E-state index in [0.717, 1.165) is 70.3 Å². The van der Waals surface area contributed by atoms with Crippen molar-refractivity contribution in [2.24, 2.45) is 11.8 Å². The van der Waals surface area contributed by atoms with Crippen molar-refractivity contribution in [2.45, 2.75) is 64.0 Å². The molecule has 0 bridgehead atoms. The van der Waals surface area contributed by atoms with Crippen molar-refractivity contribution in [1.82, 2.24) is 15.1 Å². The number of carbonyl (C=O) groups is 2. The lowest BCUT2D eigenvalue weighted by Gasteiger charge is -2.42. The Balaban J connectivity index is 1.30. The lowest BCUT2D eigenvalue weighted by molar-refractivity contribution is -0.134. The van der Waals surface area contributed by atoms with E-state index in [1.165, 1.54) is 0 Å². The van der Waals surface area contributed by atoms with E-state index in [1.807, 2.05) is 18.2 Å². The molecule has 3 fully saturated rings. The fourth-order valence-electron chi connectivity index (χ4n) is 4.93. The first-order chi connectivity index (χ1) is 13.9. The molecule has 1 aliphatic carbocycles. The lowest BCUT2D eigenvalue weighted by Crippen LogP contribution is -2.53. The molecule has 0 radical (unpaired) electrons. The van der Waals surface area contributed by atoms with E-state index < -0.39 is 0 Å². The molecule has 1 atom stereocenters. The summed E-state index contributed by atoms with van der Waals surface area (Å²) >= 11 is 0. The molecule has 1 N–H and O–H groups in total. The van der Waals surface area contributed by atoms with Crippen LogP contribution in [-0.4, -0.2) is 53.8 Å². The number of hydrogen-bond acceptors (Lipinski definition) is 3. The number of hydrogen-bond donors (Lipinski definition) is 1. The predicted octanol–water partition coefficient (Wildman–Crippen LogP) is 3.15. The third-order valence-corrected chi connectivity index (χ3v) is 6.97. The molecule has 3 aliphatic rings. The molecule has 1 saturated carbocycles. The Kier molecular flexibility index (Phi) is 5.95. The van der Waals surface area contributed by atoms with Gasteiger partial charge in [-0.1, -0.05) is 30.3 Å². The minimum atomic E-state index is -0.366. The molecule has 1 aromatic carbocycles. The van der Waals surface area contributed by atoms with Crippen LogP contribution in [0.2, 0.25) is 0 Å². The van der Waals surface area contributed by atoms with Gasteiger partial charge in [-0.3, -0.25) is 14.5 Å². The monoisotopic (exact) mass is 397 g/mol. The van der Waals surface area contributed by atoms with Gasteiger partial charge in [0.1, 0.15) is 0 Å². The van der Waals surface area contributed by atoms with Gasteiger partial charge in [0.2, 0.25) is 11.8 Å². The van der Waals surface area contributed by atoms with Gasteiger partial charge in [0.15, 0.2) is 0 Å². The van der Waals surface area contributed by atoms with Gasteiger partial charge in [-0.25, -0.2) is 0 Å². The average Bonchev–Trinajstić information content (AvgIpc) is 3.59. The highest BCUT2D eigenvalue weighted by molar-refractivity contribution is 5.81. The third kappa shape index (κ3) is 4.82. The lowest BCUT2D eigenvalue weighted by atomic mass is 9.90. The molecular formula is C24H35N3O2. The van der Waals surface area contributed by atoms with Crippen LogP contribution in [0.25, 0.3) is 0 Å². The number of likely N-dealkylation sites (tertiary alicyclic amines) is 2. The number of amides is 2. The van der Waals surface area contributed by atoms with Crippen LogP contribution >= 0.6 is 0 Å². The zero-order valence-corrected chi connectivity index (χ0v) is 17.9. The van der Waals surface area contributed by atoms with Gasteiger partial charge < -0.3 is 10.2 Å². The van der Waals surface area contributed by atoms with E-state index in [4.69, 9.17) is 0 Å². The van der Waals surface area contributed by atoms with Crippen molar-refractivity contribution in [3.05, 3.63) is 35.9 Å². The van der Waals surface area contributed by atoms with Crippen LogP contribution in [0.4, 0.5) is 0 Å². The second-order valence-electron chi connectivity index (χ2n) is 9.65. The summed E-state index contributed by atoms with van der Waals surface area (Å²) in [6, 6.07) is 10.7. The Bertz CT molecular complexity index is 721. The van der Waals surface area contributed by atoms with E-state index in [-0.39, 0.29) is 17.4 Å². The summed E-state index contributed by atoms with van der Waals surface area (Å²) in [6.07, 6.45) is 6.30. The number of piperidine rings is 2. The normalized spacial score (nSPS) is 24.3. The fourth-order valence-corrected chi connectivity index (χ4v) is 4.93. The van der Waals surface area contributed by atoms with Crippen molar-refractivity contribution < 1.29 is 9.59 Å². The van der Waals surface area contributed by atoms with Crippen LogP contribution in [0, 0.1) is 11.8 Å². The van der Waals surface area contributed by atoms with Crippen molar-refractivity contribution in [2.75, 3.05) is 26.2 Å². The maximum absolute atomic E-state index is 13.0. The van der Waals surface area contributed by atoms with Crippen LogP contribution in [0.3, 0.4) is 0 Å².